The third-order valence-corrected chi connectivity index (χ3v) is 3.22. The van der Waals surface area contributed by atoms with Crippen LogP contribution in [0.1, 0.15) is 23.0 Å². The van der Waals surface area contributed by atoms with Crippen LogP contribution >= 0.6 is 11.3 Å². The second-order valence-corrected chi connectivity index (χ2v) is 4.71. The molecule has 2 rings (SSSR count). The van der Waals surface area contributed by atoms with Crippen molar-refractivity contribution in [2.45, 2.75) is 13.3 Å². The van der Waals surface area contributed by atoms with E-state index in [0.717, 1.165) is 0 Å². The molecule has 0 unspecified atom stereocenters. The fourth-order valence-electron chi connectivity index (χ4n) is 1.37. The summed E-state index contributed by atoms with van der Waals surface area (Å²) in [5.74, 6) is 0.214. The lowest BCUT2D eigenvalue weighted by Gasteiger charge is -2.05. The molecular weight excluding hydrogens is 262 g/mol. The molecule has 2 amide bonds. The van der Waals surface area contributed by atoms with Crippen molar-refractivity contribution < 1.29 is 9.59 Å². The zero-order valence-electron chi connectivity index (χ0n) is 10.3. The van der Waals surface area contributed by atoms with Gasteiger partial charge in [0.2, 0.25) is 5.91 Å². The van der Waals surface area contributed by atoms with Crippen molar-refractivity contribution in [2.24, 2.45) is 0 Å². The van der Waals surface area contributed by atoms with Crippen molar-refractivity contribution in [2.75, 3.05) is 10.6 Å². The minimum absolute atomic E-state index is 0.0946. The maximum atomic E-state index is 11.8. The van der Waals surface area contributed by atoms with E-state index in [1.165, 1.54) is 17.5 Å². The van der Waals surface area contributed by atoms with Crippen LogP contribution in [0.15, 0.2) is 35.8 Å². The monoisotopic (exact) mass is 275 g/mol. The van der Waals surface area contributed by atoms with E-state index in [-0.39, 0.29) is 11.8 Å². The Morgan fingerprint density at radius 3 is 2.68 bits per heavy atom. The standard InChI is InChI=1S/C13H13N3O2S/c1-2-12(17)16-11-6-5-9(8-14-11)15-13(18)10-4-3-7-19-10/h3-8H,2H2,1H3,(H,15,18)(H,14,16,17). The van der Waals surface area contributed by atoms with Gasteiger partial charge in [0.1, 0.15) is 5.82 Å². The highest BCUT2D eigenvalue weighted by Gasteiger charge is 2.07. The molecule has 2 aromatic rings. The maximum absolute atomic E-state index is 11.8. The van der Waals surface area contributed by atoms with E-state index in [2.05, 4.69) is 15.6 Å². The molecule has 0 radical (unpaired) electrons. The predicted molar refractivity (Wildman–Crippen MR) is 75.4 cm³/mol. The average Bonchev–Trinajstić information content (AvgIpc) is 2.95. The molecule has 0 saturated heterocycles. The molecule has 6 heteroatoms. The van der Waals surface area contributed by atoms with E-state index in [1.54, 1.807) is 25.1 Å². The second-order valence-electron chi connectivity index (χ2n) is 3.77. The summed E-state index contributed by atoms with van der Waals surface area (Å²) in [6.45, 7) is 1.77. The molecule has 0 aliphatic carbocycles. The van der Waals surface area contributed by atoms with Crippen LogP contribution in [0.2, 0.25) is 0 Å². The highest BCUT2D eigenvalue weighted by molar-refractivity contribution is 7.12. The molecular formula is C13H13N3O2S. The van der Waals surface area contributed by atoms with Crippen molar-refractivity contribution in [3.8, 4) is 0 Å². The van der Waals surface area contributed by atoms with Crippen LogP contribution in [0.3, 0.4) is 0 Å². The summed E-state index contributed by atoms with van der Waals surface area (Å²) in [6.07, 6.45) is 1.91. The van der Waals surface area contributed by atoms with Crippen LogP contribution in [0, 0.1) is 0 Å². The summed E-state index contributed by atoms with van der Waals surface area (Å²) in [6, 6.07) is 6.92. The van der Waals surface area contributed by atoms with Crippen LogP contribution in [0.25, 0.3) is 0 Å². The minimum atomic E-state index is -0.165. The summed E-state index contributed by atoms with van der Waals surface area (Å²) in [7, 11) is 0. The highest BCUT2D eigenvalue weighted by atomic mass is 32.1. The SMILES string of the molecule is CCC(=O)Nc1ccc(NC(=O)c2cccs2)cn1. The molecule has 2 aromatic heterocycles. The predicted octanol–water partition coefficient (Wildman–Crippen LogP) is 2.74. The van der Waals surface area contributed by atoms with Crippen LogP contribution in [-0.4, -0.2) is 16.8 Å². The molecule has 2 N–H and O–H groups in total. The summed E-state index contributed by atoms with van der Waals surface area (Å²) >= 11 is 1.38. The smallest absolute Gasteiger partial charge is 0.265 e. The van der Waals surface area contributed by atoms with Gasteiger partial charge in [-0.2, -0.15) is 0 Å². The van der Waals surface area contributed by atoms with Gasteiger partial charge in [0.05, 0.1) is 16.8 Å². The van der Waals surface area contributed by atoms with Crippen molar-refractivity contribution in [3.05, 3.63) is 40.7 Å². The molecule has 2 heterocycles. The maximum Gasteiger partial charge on any atom is 0.265 e. The lowest BCUT2D eigenvalue weighted by atomic mass is 10.3. The lowest BCUT2D eigenvalue weighted by Crippen LogP contribution is -2.12. The number of nitrogens with zero attached hydrogens (tertiary/aromatic N) is 1. The molecule has 5 nitrogen and oxygen atoms in total. The number of aromatic nitrogens is 1. The summed E-state index contributed by atoms with van der Waals surface area (Å²) in [5, 5.41) is 7.22. The Morgan fingerprint density at radius 2 is 2.11 bits per heavy atom. The van der Waals surface area contributed by atoms with Crippen LogP contribution in [0.5, 0.6) is 0 Å². The molecule has 0 spiro atoms. The number of thiophene rings is 1. The minimum Gasteiger partial charge on any atom is -0.320 e. The van der Waals surface area contributed by atoms with E-state index in [0.29, 0.717) is 22.8 Å². The first-order valence-electron chi connectivity index (χ1n) is 5.80. The topological polar surface area (TPSA) is 71.1 Å². The molecule has 0 atom stereocenters. The van der Waals surface area contributed by atoms with Crippen LogP contribution < -0.4 is 10.6 Å². The Morgan fingerprint density at radius 1 is 1.26 bits per heavy atom. The molecule has 0 bridgehead atoms. The number of pyridine rings is 1. The molecule has 0 aliphatic heterocycles. The molecule has 19 heavy (non-hydrogen) atoms. The van der Waals surface area contributed by atoms with E-state index in [4.69, 9.17) is 0 Å². The molecule has 0 saturated carbocycles. The number of anilines is 2. The van der Waals surface area contributed by atoms with Gasteiger partial charge in [-0.1, -0.05) is 13.0 Å². The van der Waals surface area contributed by atoms with Crippen molar-refractivity contribution in [3.63, 3.8) is 0 Å². The van der Waals surface area contributed by atoms with Gasteiger partial charge in [0.15, 0.2) is 0 Å². The van der Waals surface area contributed by atoms with E-state index >= 15 is 0 Å². The number of rotatable bonds is 4. The zero-order valence-corrected chi connectivity index (χ0v) is 11.2. The number of hydrogen-bond donors (Lipinski definition) is 2. The van der Waals surface area contributed by atoms with Gasteiger partial charge in [0.25, 0.3) is 5.91 Å². The van der Waals surface area contributed by atoms with Gasteiger partial charge in [-0.3, -0.25) is 9.59 Å². The molecule has 0 fully saturated rings. The number of hydrogen-bond acceptors (Lipinski definition) is 4. The van der Waals surface area contributed by atoms with Gasteiger partial charge >= 0.3 is 0 Å². The number of carbonyl (C=O) groups excluding carboxylic acids is 2. The zero-order chi connectivity index (χ0) is 13.7. The Labute approximate surface area is 114 Å². The van der Waals surface area contributed by atoms with Gasteiger partial charge in [-0.25, -0.2) is 4.98 Å². The van der Waals surface area contributed by atoms with Gasteiger partial charge in [-0.05, 0) is 23.6 Å². The van der Waals surface area contributed by atoms with Gasteiger partial charge in [-0.15, -0.1) is 11.3 Å². The van der Waals surface area contributed by atoms with E-state index in [9.17, 15) is 9.59 Å². The van der Waals surface area contributed by atoms with Crippen molar-refractivity contribution >= 4 is 34.7 Å². The van der Waals surface area contributed by atoms with Crippen LogP contribution in [-0.2, 0) is 4.79 Å². The third-order valence-electron chi connectivity index (χ3n) is 2.35. The van der Waals surface area contributed by atoms with Gasteiger partial charge < -0.3 is 10.6 Å². The normalized spacial score (nSPS) is 9.95. The Balaban J connectivity index is 1.99. The lowest BCUT2D eigenvalue weighted by molar-refractivity contribution is -0.115. The quantitative estimate of drug-likeness (QED) is 0.901. The Kier molecular flexibility index (Phi) is 4.25. The molecule has 0 aromatic carbocycles. The fourth-order valence-corrected chi connectivity index (χ4v) is 1.99. The summed E-state index contributed by atoms with van der Waals surface area (Å²) in [5.41, 5.74) is 0.591. The van der Waals surface area contributed by atoms with Crippen molar-refractivity contribution in [1.29, 1.82) is 0 Å². The van der Waals surface area contributed by atoms with Crippen LogP contribution in [0.4, 0.5) is 11.5 Å². The molecule has 98 valence electrons. The summed E-state index contributed by atoms with van der Waals surface area (Å²) in [4.78, 5) is 27.7. The average molecular weight is 275 g/mol. The first-order chi connectivity index (χ1) is 9.19. The van der Waals surface area contributed by atoms with Crippen molar-refractivity contribution in [1.82, 2.24) is 4.98 Å². The number of nitrogens with one attached hydrogen (secondary N) is 2. The fraction of sp³-hybridized carbons (Fsp3) is 0.154. The Hall–Kier alpha value is -2.21. The van der Waals surface area contributed by atoms with E-state index in [1.807, 2.05) is 11.4 Å². The second kappa shape index (κ2) is 6.10. The Bertz CT molecular complexity index is 564. The largest absolute Gasteiger partial charge is 0.320 e. The third kappa shape index (κ3) is 3.62. The first kappa shape index (κ1) is 13.2. The highest BCUT2D eigenvalue weighted by Crippen LogP contribution is 2.14. The molecule has 0 aliphatic rings. The number of carbonyl (C=O) groups is 2. The summed E-state index contributed by atoms with van der Waals surface area (Å²) < 4.78 is 0. The first-order valence-corrected chi connectivity index (χ1v) is 6.67. The van der Waals surface area contributed by atoms with E-state index < -0.39 is 0 Å². The number of amides is 2. The van der Waals surface area contributed by atoms with Gasteiger partial charge in [0, 0.05) is 6.42 Å².